The van der Waals surface area contributed by atoms with Crippen molar-refractivity contribution in [1.82, 2.24) is 16.1 Å². The van der Waals surface area contributed by atoms with Gasteiger partial charge in [0.15, 0.2) is 0 Å². The number of benzene rings is 1. The summed E-state index contributed by atoms with van der Waals surface area (Å²) in [6.07, 6.45) is 1.32. The average molecular weight is 295 g/mol. The Morgan fingerprint density at radius 3 is 2.90 bits per heavy atom. The Bertz CT molecular complexity index is 506. The van der Waals surface area contributed by atoms with Gasteiger partial charge < -0.3 is 15.7 Å². The van der Waals surface area contributed by atoms with Crippen molar-refractivity contribution in [2.75, 3.05) is 26.2 Å². The fourth-order valence-electron chi connectivity index (χ4n) is 1.39. The quantitative estimate of drug-likeness (QED) is 0.229. The van der Waals surface area contributed by atoms with E-state index in [1.165, 1.54) is 24.4 Å². The minimum atomic E-state index is -0.503. The first-order chi connectivity index (χ1) is 10.1. The molecule has 1 aromatic rings. The fraction of sp³-hybridized carbons (Fsp3) is 0.333. The van der Waals surface area contributed by atoms with Gasteiger partial charge in [0.05, 0.1) is 17.7 Å². The number of carbonyl (C=O) groups excluding carboxylic acids is 1. The minimum absolute atomic E-state index is 0.0414. The molecule has 0 aliphatic rings. The molecule has 0 saturated heterocycles. The van der Waals surface area contributed by atoms with Crippen molar-refractivity contribution in [2.45, 2.75) is 0 Å². The van der Waals surface area contributed by atoms with Gasteiger partial charge >= 0.3 is 6.03 Å². The maximum absolute atomic E-state index is 11.3. The van der Waals surface area contributed by atoms with Gasteiger partial charge in [-0.1, -0.05) is 12.1 Å². The molecule has 21 heavy (non-hydrogen) atoms. The first-order valence-electron chi connectivity index (χ1n) is 6.26. The Kier molecular flexibility index (Phi) is 7.40. The largest absolute Gasteiger partial charge is 0.395 e. The number of amides is 2. The lowest BCUT2D eigenvalue weighted by molar-refractivity contribution is -0.384. The van der Waals surface area contributed by atoms with Crippen LogP contribution in [0.15, 0.2) is 29.4 Å². The molecular formula is C12H17N5O4. The number of hydrogen-bond donors (Lipinski definition) is 4. The van der Waals surface area contributed by atoms with E-state index in [4.69, 9.17) is 5.11 Å². The van der Waals surface area contributed by atoms with Gasteiger partial charge in [-0.05, 0) is 0 Å². The van der Waals surface area contributed by atoms with E-state index in [1.807, 2.05) is 0 Å². The third-order valence-electron chi connectivity index (χ3n) is 2.34. The highest BCUT2D eigenvalue weighted by Crippen LogP contribution is 2.11. The van der Waals surface area contributed by atoms with Crippen molar-refractivity contribution in [3.63, 3.8) is 0 Å². The van der Waals surface area contributed by atoms with Crippen molar-refractivity contribution in [3.8, 4) is 0 Å². The van der Waals surface area contributed by atoms with Crippen molar-refractivity contribution in [3.05, 3.63) is 39.9 Å². The molecule has 9 heteroatoms. The van der Waals surface area contributed by atoms with E-state index in [9.17, 15) is 14.9 Å². The summed E-state index contributed by atoms with van der Waals surface area (Å²) in [6.45, 7) is 1.43. The van der Waals surface area contributed by atoms with E-state index in [0.717, 1.165) is 0 Å². The predicted molar refractivity (Wildman–Crippen MR) is 77.2 cm³/mol. The van der Waals surface area contributed by atoms with Crippen LogP contribution in [0.5, 0.6) is 0 Å². The molecule has 0 heterocycles. The monoisotopic (exact) mass is 295 g/mol. The number of aliphatic hydroxyl groups excluding tert-OH is 1. The summed E-state index contributed by atoms with van der Waals surface area (Å²) in [4.78, 5) is 21.4. The molecule has 0 unspecified atom stereocenters. The molecule has 0 aliphatic carbocycles. The van der Waals surface area contributed by atoms with Crippen LogP contribution in [0.25, 0.3) is 0 Å². The number of nitro groups is 1. The summed E-state index contributed by atoms with van der Waals surface area (Å²) in [5.41, 5.74) is 2.71. The van der Waals surface area contributed by atoms with Gasteiger partial charge in [-0.2, -0.15) is 5.10 Å². The lowest BCUT2D eigenvalue weighted by atomic mass is 10.2. The molecule has 0 bridgehead atoms. The first-order valence-corrected chi connectivity index (χ1v) is 6.26. The summed E-state index contributed by atoms with van der Waals surface area (Å²) in [5.74, 6) is 0. The zero-order chi connectivity index (χ0) is 15.5. The molecule has 0 radical (unpaired) electrons. The molecule has 0 aliphatic heterocycles. The van der Waals surface area contributed by atoms with E-state index < -0.39 is 11.0 Å². The first kappa shape index (κ1) is 16.5. The van der Waals surface area contributed by atoms with Crippen molar-refractivity contribution in [1.29, 1.82) is 0 Å². The van der Waals surface area contributed by atoms with Gasteiger partial charge in [-0.15, -0.1) is 0 Å². The van der Waals surface area contributed by atoms with E-state index in [2.05, 4.69) is 21.2 Å². The zero-order valence-electron chi connectivity index (χ0n) is 11.3. The number of hydrogen-bond acceptors (Lipinski definition) is 6. The average Bonchev–Trinajstić information content (AvgIpc) is 2.47. The lowest BCUT2D eigenvalue weighted by Gasteiger charge is -2.04. The number of non-ortho nitro benzene ring substituents is 1. The molecule has 114 valence electrons. The smallest absolute Gasteiger partial charge is 0.335 e. The zero-order valence-corrected chi connectivity index (χ0v) is 11.3. The number of nitrogens with one attached hydrogen (secondary N) is 3. The second kappa shape index (κ2) is 9.39. The number of urea groups is 1. The van der Waals surface area contributed by atoms with Crippen LogP contribution in [0.1, 0.15) is 5.56 Å². The van der Waals surface area contributed by atoms with Crippen molar-refractivity contribution < 1.29 is 14.8 Å². The number of aliphatic hydroxyl groups is 1. The van der Waals surface area contributed by atoms with Crippen LogP contribution < -0.4 is 16.1 Å². The third-order valence-corrected chi connectivity index (χ3v) is 2.34. The van der Waals surface area contributed by atoms with Crippen LogP contribution in [0.2, 0.25) is 0 Å². The molecule has 9 nitrogen and oxygen atoms in total. The Balaban J connectivity index is 2.32. The van der Waals surface area contributed by atoms with Crippen LogP contribution >= 0.6 is 0 Å². The molecule has 0 atom stereocenters. The van der Waals surface area contributed by atoms with Gasteiger partial charge in [0, 0.05) is 37.3 Å². The van der Waals surface area contributed by atoms with Crippen molar-refractivity contribution in [2.24, 2.45) is 5.10 Å². The summed E-state index contributed by atoms with van der Waals surface area (Å²) in [6, 6.07) is 5.41. The van der Waals surface area contributed by atoms with Crippen molar-refractivity contribution >= 4 is 17.9 Å². The Hall–Kier alpha value is -2.52. The molecular weight excluding hydrogens is 278 g/mol. The number of hydrazone groups is 1. The number of nitro benzene ring substituents is 1. The summed E-state index contributed by atoms with van der Waals surface area (Å²) in [5, 5.41) is 28.2. The second-order valence-corrected chi connectivity index (χ2v) is 3.95. The van der Waals surface area contributed by atoms with Crippen LogP contribution in [0.3, 0.4) is 0 Å². The maximum atomic E-state index is 11.3. The fourth-order valence-corrected chi connectivity index (χ4v) is 1.39. The Morgan fingerprint density at radius 2 is 2.19 bits per heavy atom. The highest BCUT2D eigenvalue weighted by Gasteiger charge is 2.04. The predicted octanol–water partition coefficient (Wildman–Crippen LogP) is -0.190. The number of rotatable bonds is 8. The number of nitrogens with zero attached hydrogens (tertiary/aromatic N) is 2. The maximum Gasteiger partial charge on any atom is 0.335 e. The van der Waals surface area contributed by atoms with Gasteiger partial charge in [0.1, 0.15) is 0 Å². The van der Waals surface area contributed by atoms with E-state index in [0.29, 0.717) is 25.2 Å². The van der Waals surface area contributed by atoms with E-state index in [1.54, 1.807) is 6.07 Å². The topological polar surface area (TPSA) is 129 Å². The van der Waals surface area contributed by atoms with Gasteiger partial charge in [0.2, 0.25) is 0 Å². The molecule has 1 aromatic carbocycles. The van der Waals surface area contributed by atoms with Gasteiger partial charge in [0.25, 0.3) is 5.69 Å². The normalized spacial score (nSPS) is 10.5. The highest BCUT2D eigenvalue weighted by atomic mass is 16.6. The third kappa shape index (κ3) is 6.99. The van der Waals surface area contributed by atoms with Crippen LogP contribution in [0.4, 0.5) is 10.5 Å². The molecule has 4 N–H and O–H groups in total. The van der Waals surface area contributed by atoms with Crippen LogP contribution in [0, 0.1) is 10.1 Å². The van der Waals surface area contributed by atoms with Gasteiger partial charge in [-0.25, -0.2) is 10.2 Å². The molecule has 0 spiro atoms. The summed E-state index contributed by atoms with van der Waals surface area (Å²) < 4.78 is 0. The Labute approximate surface area is 121 Å². The van der Waals surface area contributed by atoms with Crippen LogP contribution in [-0.4, -0.2) is 48.5 Å². The van der Waals surface area contributed by atoms with Gasteiger partial charge in [-0.3, -0.25) is 10.1 Å². The summed E-state index contributed by atoms with van der Waals surface area (Å²) >= 11 is 0. The molecule has 0 aromatic heterocycles. The molecule has 0 saturated carbocycles. The van der Waals surface area contributed by atoms with Crippen LogP contribution in [-0.2, 0) is 0 Å². The van der Waals surface area contributed by atoms with E-state index >= 15 is 0 Å². The molecule has 0 fully saturated rings. The van der Waals surface area contributed by atoms with E-state index in [-0.39, 0.29) is 12.3 Å². The molecule has 2 amide bonds. The SMILES string of the molecule is O=C(NCCNCCO)N/N=C/c1cccc([N+](=O)[O-])c1. The minimum Gasteiger partial charge on any atom is -0.395 e. The molecule has 1 rings (SSSR count). The summed E-state index contributed by atoms with van der Waals surface area (Å²) in [7, 11) is 0. The second-order valence-electron chi connectivity index (χ2n) is 3.95. The Morgan fingerprint density at radius 1 is 1.38 bits per heavy atom. The number of carbonyl (C=O) groups is 1. The lowest BCUT2D eigenvalue weighted by Crippen LogP contribution is -2.37. The standard InChI is InChI=1S/C12H17N5O4/c18-7-6-13-4-5-14-12(19)16-15-9-10-2-1-3-11(8-10)17(20)21/h1-3,8-9,13,18H,4-7H2,(H2,14,16,19)/b15-9+. The highest BCUT2D eigenvalue weighted by molar-refractivity contribution is 5.82.